The maximum absolute atomic E-state index is 12.9. The largest absolute Gasteiger partial charge is 0.462 e. The van der Waals surface area contributed by atoms with E-state index in [1.165, 1.54) is 103 Å². The topological polar surface area (TPSA) is 78.9 Å². The average molecular weight is 1040 g/mol. The van der Waals surface area contributed by atoms with E-state index in [1.807, 2.05) is 0 Å². The van der Waals surface area contributed by atoms with Crippen molar-refractivity contribution >= 4 is 17.9 Å². The molecule has 426 valence electrons. The first kappa shape index (κ1) is 70.8. The molecular formula is C69H114O6. The maximum atomic E-state index is 12.9. The van der Waals surface area contributed by atoms with Crippen molar-refractivity contribution in [1.29, 1.82) is 0 Å². The Kier molecular flexibility index (Phi) is 58.9. The van der Waals surface area contributed by atoms with Crippen molar-refractivity contribution < 1.29 is 28.6 Å². The standard InChI is InChI=1S/C69H114O6/c1-4-7-10-13-16-19-22-24-26-28-29-30-31-32-33-34-35-36-37-38-39-41-42-44-47-50-53-56-59-62-68(71)74-65-66(64-73-67(70)61-58-55-52-49-46-21-18-15-12-9-6-3)75-69(72)63-60-57-54-51-48-45-43-40-27-25-23-20-17-14-11-8-5-2/h7,10,16-17,19-20,24-27,29-30,32-33,35-36,38-39,42,44,66H,4-6,8-9,11-15,18,21-23,28,31,34,37,40-41,43,45-65H2,1-3H3/b10-7-,19-16-,20-17-,26-24-,27-25-,30-29-,33-32-,36-35-,39-38-,44-42-. The minimum Gasteiger partial charge on any atom is -0.462 e. The van der Waals surface area contributed by atoms with Crippen molar-refractivity contribution in [2.75, 3.05) is 13.2 Å². The van der Waals surface area contributed by atoms with E-state index in [1.54, 1.807) is 0 Å². The van der Waals surface area contributed by atoms with Gasteiger partial charge in [0.05, 0.1) is 0 Å². The average Bonchev–Trinajstić information content (AvgIpc) is 3.41. The summed E-state index contributed by atoms with van der Waals surface area (Å²) >= 11 is 0. The van der Waals surface area contributed by atoms with E-state index in [-0.39, 0.29) is 31.1 Å². The summed E-state index contributed by atoms with van der Waals surface area (Å²) in [7, 11) is 0. The lowest BCUT2D eigenvalue weighted by Gasteiger charge is -2.18. The maximum Gasteiger partial charge on any atom is 0.306 e. The van der Waals surface area contributed by atoms with Gasteiger partial charge in [0.1, 0.15) is 13.2 Å². The quantitative estimate of drug-likeness (QED) is 0.0261. The van der Waals surface area contributed by atoms with Crippen molar-refractivity contribution in [2.45, 2.75) is 284 Å². The Bertz CT molecular complexity index is 1570. The minimum absolute atomic E-state index is 0.0897. The van der Waals surface area contributed by atoms with Crippen molar-refractivity contribution in [1.82, 2.24) is 0 Å². The van der Waals surface area contributed by atoms with Gasteiger partial charge < -0.3 is 14.2 Å². The first-order chi connectivity index (χ1) is 37.0. The number of unbranched alkanes of at least 4 members (excludes halogenated alkanes) is 24. The summed E-state index contributed by atoms with van der Waals surface area (Å²) in [6.07, 6.45) is 86.2. The minimum atomic E-state index is -0.795. The van der Waals surface area contributed by atoms with Gasteiger partial charge in [0, 0.05) is 19.3 Å². The van der Waals surface area contributed by atoms with E-state index in [2.05, 4.69) is 142 Å². The molecule has 0 fully saturated rings. The van der Waals surface area contributed by atoms with Gasteiger partial charge in [-0.2, -0.15) is 0 Å². The number of allylic oxidation sites excluding steroid dienone is 20. The third-order valence-corrected chi connectivity index (χ3v) is 13.0. The smallest absolute Gasteiger partial charge is 0.306 e. The number of rotatable bonds is 55. The number of esters is 3. The van der Waals surface area contributed by atoms with Gasteiger partial charge in [-0.3, -0.25) is 14.4 Å². The fourth-order valence-corrected chi connectivity index (χ4v) is 8.31. The van der Waals surface area contributed by atoms with Gasteiger partial charge >= 0.3 is 17.9 Å². The van der Waals surface area contributed by atoms with Crippen LogP contribution < -0.4 is 0 Å². The Morgan fingerprint density at radius 2 is 0.520 bits per heavy atom. The number of carbonyl (C=O) groups excluding carboxylic acids is 3. The number of hydrogen-bond donors (Lipinski definition) is 0. The Balaban J connectivity index is 4.36. The van der Waals surface area contributed by atoms with Crippen LogP contribution in [0.15, 0.2) is 122 Å². The molecular weight excluding hydrogens is 925 g/mol. The van der Waals surface area contributed by atoms with Crippen LogP contribution in [0.1, 0.15) is 278 Å². The van der Waals surface area contributed by atoms with Gasteiger partial charge in [-0.05, 0) is 116 Å². The molecule has 6 nitrogen and oxygen atoms in total. The van der Waals surface area contributed by atoms with E-state index in [0.29, 0.717) is 19.3 Å². The summed E-state index contributed by atoms with van der Waals surface area (Å²) in [6.45, 7) is 6.47. The molecule has 1 unspecified atom stereocenters. The van der Waals surface area contributed by atoms with E-state index in [4.69, 9.17) is 14.2 Å². The van der Waals surface area contributed by atoms with Gasteiger partial charge in [0.2, 0.25) is 0 Å². The number of ether oxygens (including phenoxy) is 3. The Morgan fingerprint density at radius 1 is 0.280 bits per heavy atom. The van der Waals surface area contributed by atoms with Crippen LogP contribution in [0, 0.1) is 0 Å². The lowest BCUT2D eigenvalue weighted by atomic mass is 10.1. The second-order valence-corrected chi connectivity index (χ2v) is 20.2. The predicted octanol–water partition coefficient (Wildman–Crippen LogP) is 21.2. The van der Waals surface area contributed by atoms with Crippen LogP contribution in [0.4, 0.5) is 0 Å². The molecule has 0 saturated carbocycles. The first-order valence-corrected chi connectivity index (χ1v) is 31.0. The zero-order valence-corrected chi connectivity index (χ0v) is 48.8. The third kappa shape index (κ3) is 60.6. The van der Waals surface area contributed by atoms with Gasteiger partial charge in [-0.25, -0.2) is 0 Å². The normalized spacial score (nSPS) is 12.9. The Labute approximate surface area is 462 Å². The van der Waals surface area contributed by atoms with Crippen molar-refractivity contribution in [3.05, 3.63) is 122 Å². The van der Waals surface area contributed by atoms with Crippen molar-refractivity contribution in [3.8, 4) is 0 Å². The van der Waals surface area contributed by atoms with Crippen LogP contribution in [0.25, 0.3) is 0 Å². The summed E-state index contributed by atoms with van der Waals surface area (Å²) in [5.41, 5.74) is 0. The van der Waals surface area contributed by atoms with E-state index in [0.717, 1.165) is 135 Å². The molecule has 0 aromatic rings. The molecule has 0 radical (unpaired) electrons. The van der Waals surface area contributed by atoms with Crippen molar-refractivity contribution in [3.63, 3.8) is 0 Å². The Hall–Kier alpha value is -4.19. The van der Waals surface area contributed by atoms with Crippen LogP contribution >= 0.6 is 0 Å². The molecule has 0 aliphatic heterocycles. The fourth-order valence-electron chi connectivity index (χ4n) is 8.31. The predicted molar refractivity (Wildman–Crippen MR) is 325 cm³/mol. The van der Waals surface area contributed by atoms with Gasteiger partial charge in [0.25, 0.3) is 0 Å². The number of carbonyl (C=O) groups is 3. The van der Waals surface area contributed by atoms with Crippen LogP contribution in [-0.2, 0) is 28.6 Å². The SMILES string of the molecule is CC/C=C\C/C=C\C/C=C\C/C=C\C/C=C\C/C=C\C/C=C\C/C=C\CCCCCCC(=O)OCC(COC(=O)CCCCCCCCCCCCC)OC(=O)CCCCCCCCC/C=C\C/C=C\CCCCC. The van der Waals surface area contributed by atoms with Crippen LogP contribution in [-0.4, -0.2) is 37.2 Å². The summed E-state index contributed by atoms with van der Waals surface area (Å²) in [5.74, 6) is -0.922. The highest BCUT2D eigenvalue weighted by Gasteiger charge is 2.19. The molecule has 0 aromatic carbocycles. The molecule has 1 atom stereocenters. The number of hydrogen-bond acceptors (Lipinski definition) is 6. The molecule has 0 bridgehead atoms. The van der Waals surface area contributed by atoms with E-state index < -0.39 is 6.10 Å². The summed E-state index contributed by atoms with van der Waals surface area (Å²) < 4.78 is 16.9. The van der Waals surface area contributed by atoms with E-state index in [9.17, 15) is 14.4 Å². The zero-order chi connectivity index (χ0) is 54.3. The monoisotopic (exact) mass is 1040 g/mol. The Morgan fingerprint density at radius 3 is 0.840 bits per heavy atom. The zero-order valence-electron chi connectivity index (χ0n) is 48.8. The molecule has 0 aromatic heterocycles. The summed E-state index contributed by atoms with van der Waals surface area (Å²) in [5, 5.41) is 0. The van der Waals surface area contributed by atoms with Crippen LogP contribution in [0.5, 0.6) is 0 Å². The van der Waals surface area contributed by atoms with Crippen molar-refractivity contribution in [2.24, 2.45) is 0 Å². The summed E-state index contributed by atoms with van der Waals surface area (Å²) in [6, 6.07) is 0. The first-order valence-electron chi connectivity index (χ1n) is 31.0. The second-order valence-electron chi connectivity index (χ2n) is 20.2. The lowest BCUT2D eigenvalue weighted by Crippen LogP contribution is -2.30. The lowest BCUT2D eigenvalue weighted by molar-refractivity contribution is -0.167. The highest BCUT2D eigenvalue weighted by molar-refractivity contribution is 5.71. The van der Waals surface area contributed by atoms with Crippen LogP contribution in [0.3, 0.4) is 0 Å². The fraction of sp³-hybridized carbons (Fsp3) is 0.667. The molecule has 0 saturated heterocycles. The van der Waals surface area contributed by atoms with Crippen LogP contribution in [0.2, 0.25) is 0 Å². The van der Waals surface area contributed by atoms with Gasteiger partial charge in [-0.15, -0.1) is 0 Å². The second kappa shape index (κ2) is 62.4. The molecule has 0 aliphatic carbocycles. The highest BCUT2D eigenvalue weighted by atomic mass is 16.6. The molecule has 0 aliphatic rings. The molecule has 0 N–H and O–H groups in total. The van der Waals surface area contributed by atoms with E-state index >= 15 is 0 Å². The van der Waals surface area contributed by atoms with Gasteiger partial charge in [-0.1, -0.05) is 264 Å². The molecule has 0 spiro atoms. The molecule has 75 heavy (non-hydrogen) atoms. The molecule has 0 amide bonds. The molecule has 0 rings (SSSR count). The summed E-state index contributed by atoms with van der Waals surface area (Å²) in [4.78, 5) is 38.2. The molecule has 6 heteroatoms. The molecule has 0 heterocycles. The highest BCUT2D eigenvalue weighted by Crippen LogP contribution is 2.15. The third-order valence-electron chi connectivity index (χ3n) is 13.0. The van der Waals surface area contributed by atoms with Gasteiger partial charge in [0.15, 0.2) is 6.10 Å².